The smallest absolute Gasteiger partial charge is 0.416 e. The van der Waals surface area contributed by atoms with Crippen LogP contribution in [0, 0.1) is 11.6 Å². The molecule has 0 aliphatic heterocycles. The quantitative estimate of drug-likeness (QED) is 0.0457. The molecule has 29 heteroatoms. The summed E-state index contributed by atoms with van der Waals surface area (Å²) in [6.07, 6.45) is 1.09. The zero-order valence-corrected chi connectivity index (χ0v) is 63.7. The fraction of sp³-hybridized carbons (Fsp3) is 0.346. The summed E-state index contributed by atoms with van der Waals surface area (Å²) >= 11 is 0. The Kier molecular flexibility index (Phi) is 25.7. The van der Waals surface area contributed by atoms with Crippen molar-refractivity contribution in [3.8, 4) is 56.8 Å². The summed E-state index contributed by atoms with van der Waals surface area (Å²) in [6.45, 7) is 12.2. The molecular formula is C78H87F5N6O15S3. The number of aryl methyl sites for hydroxylation is 1. The summed E-state index contributed by atoms with van der Waals surface area (Å²) in [7, 11) is -3.71. The summed E-state index contributed by atoms with van der Waals surface area (Å²) in [5, 5.41) is 0. The number of sulfone groups is 2. The fourth-order valence-corrected chi connectivity index (χ4v) is 15.9. The molecule has 3 aromatic heterocycles. The van der Waals surface area contributed by atoms with E-state index in [2.05, 4.69) is 0 Å². The van der Waals surface area contributed by atoms with E-state index < -0.39 is 71.8 Å². The van der Waals surface area contributed by atoms with E-state index in [-0.39, 0.29) is 69.7 Å². The average Bonchev–Trinajstić information content (AvgIpc) is 1.59. The van der Waals surface area contributed by atoms with Crippen molar-refractivity contribution in [2.45, 2.75) is 97.3 Å². The number of ether oxygens (including phenoxy) is 6. The van der Waals surface area contributed by atoms with Crippen molar-refractivity contribution in [1.29, 1.82) is 0 Å². The summed E-state index contributed by atoms with van der Waals surface area (Å²) in [6, 6.07) is 40.1. The first-order valence-corrected chi connectivity index (χ1v) is 40.2. The number of halogens is 5. The average molecular weight is 1540 g/mol. The molecule has 0 radical (unpaired) electrons. The van der Waals surface area contributed by atoms with Crippen LogP contribution in [0.5, 0.6) is 34.5 Å². The van der Waals surface area contributed by atoms with Crippen LogP contribution in [-0.2, 0) is 43.2 Å². The highest BCUT2D eigenvalue weighted by Crippen LogP contribution is 2.42. The predicted molar refractivity (Wildman–Crippen MR) is 408 cm³/mol. The number of imidazole rings is 3. The van der Waals surface area contributed by atoms with Crippen molar-refractivity contribution in [3.63, 3.8) is 0 Å². The molecule has 1 saturated carbocycles. The topological polar surface area (TPSA) is 253 Å². The third-order valence-corrected chi connectivity index (χ3v) is 20.7. The molecule has 572 valence electrons. The molecule has 1 aliphatic rings. The van der Waals surface area contributed by atoms with E-state index in [0.717, 1.165) is 54.1 Å². The van der Waals surface area contributed by atoms with E-state index in [1.54, 1.807) is 127 Å². The zero-order chi connectivity index (χ0) is 76.9. The van der Waals surface area contributed by atoms with Crippen LogP contribution in [-0.4, -0.2) is 131 Å². The van der Waals surface area contributed by atoms with E-state index in [1.807, 2.05) is 68.7 Å². The van der Waals surface area contributed by atoms with E-state index in [1.165, 1.54) is 46.1 Å². The number of fused-ring (bicyclic) bond motifs is 3. The number of alkyl halides is 3. The second kappa shape index (κ2) is 33.9. The summed E-state index contributed by atoms with van der Waals surface area (Å²) < 4.78 is 174. The lowest BCUT2D eigenvalue weighted by molar-refractivity contribution is -0.137. The number of hydrogen-bond acceptors (Lipinski definition) is 14. The molecular weight excluding hydrogens is 1450 g/mol. The molecule has 1 unspecified atom stereocenters. The molecule has 12 rings (SSSR count). The Morgan fingerprint density at radius 2 is 0.888 bits per heavy atom. The van der Waals surface area contributed by atoms with Gasteiger partial charge in [-0.25, -0.2) is 40.0 Å². The van der Waals surface area contributed by atoms with Crippen LogP contribution in [0.4, 0.5) is 22.0 Å². The van der Waals surface area contributed by atoms with Gasteiger partial charge in [-0.1, -0.05) is 66.7 Å². The van der Waals surface area contributed by atoms with Gasteiger partial charge in [-0.05, 0) is 173 Å². The molecule has 1 aliphatic carbocycles. The predicted octanol–water partition coefficient (Wildman–Crippen LogP) is 13.6. The molecule has 4 atom stereocenters. The van der Waals surface area contributed by atoms with E-state index >= 15 is 0 Å². The maximum absolute atomic E-state index is 14.6. The highest BCUT2D eigenvalue weighted by molar-refractivity contribution is 7.91. The molecule has 1 fully saturated rings. The van der Waals surface area contributed by atoms with Crippen molar-refractivity contribution in [1.82, 2.24) is 27.4 Å². The minimum absolute atomic E-state index is 0. The van der Waals surface area contributed by atoms with Gasteiger partial charge in [0.15, 0.2) is 34.5 Å². The number of benzene rings is 8. The Labute approximate surface area is 618 Å². The molecule has 2 N–H and O–H groups in total. The first-order valence-electron chi connectivity index (χ1n) is 34.3. The fourth-order valence-electron chi connectivity index (χ4n) is 13.3. The Bertz CT molecular complexity index is 5510. The van der Waals surface area contributed by atoms with Crippen molar-refractivity contribution in [3.05, 3.63) is 223 Å². The minimum Gasteiger partial charge on any atom is -0.493 e. The lowest BCUT2D eigenvalue weighted by Crippen LogP contribution is -2.32. The Morgan fingerprint density at radius 1 is 0.486 bits per heavy atom. The highest BCUT2D eigenvalue weighted by atomic mass is 32.2. The normalized spacial score (nSPS) is 13.6. The minimum atomic E-state index is -4.58. The third-order valence-electron chi connectivity index (χ3n) is 18.1. The largest absolute Gasteiger partial charge is 0.493 e. The number of hydrogen-bond donors (Lipinski definition) is 0. The maximum Gasteiger partial charge on any atom is 0.416 e. The maximum atomic E-state index is 14.6. The number of methoxy groups -OCH3 is 3. The molecule has 3 heterocycles. The Balaban J connectivity index is 0.000000185. The second-order valence-corrected chi connectivity index (χ2v) is 31.7. The van der Waals surface area contributed by atoms with Gasteiger partial charge >= 0.3 is 23.2 Å². The zero-order valence-electron chi connectivity index (χ0n) is 61.3. The standard InChI is InChI=1S/C28H31FN2O5S.C28H29FN2O4S.C22H25F3N2O5S.H2O/c1-6-36-27-16-20(12-14-26(27)35-4)25(17-37(5,33)34)31-23-13-11-19(21-9-7-8-10-22(21)29)15-24(23)30(18(2)3)28(31)32;1-4-35-27-16-19(10-14-26(27)34-2)25(17-36(3)33)31-23-13-9-18(21-7-5-6-8-22(21)29)15-24(23)30(28(31)32)20-11-12-20;1-5-26-17-12-15(22(23,24)25)8-9-16(17)27(21(26)28)18(13-33(4,29)30)14-7-10-19(31-3)20(11-14)32-6-2;/h7-16,18,25H,6,17H2,1-5H3;5-10,13-16,20,25H,4,11-12,17H2,1-3H3;7-12,18H,5-6,13H2,1-4H3;1H2/t25-;25-,36?;18-;/m111./s1. The van der Waals surface area contributed by atoms with Crippen molar-refractivity contribution < 1.29 is 76.9 Å². The van der Waals surface area contributed by atoms with Crippen LogP contribution in [0.1, 0.15) is 107 Å². The van der Waals surface area contributed by atoms with Crippen molar-refractivity contribution >= 4 is 63.6 Å². The molecule has 0 saturated heterocycles. The van der Waals surface area contributed by atoms with Gasteiger partial charge < -0.3 is 33.9 Å². The van der Waals surface area contributed by atoms with Gasteiger partial charge in [-0.15, -0.1) is 0 Å². The van der Waals surface area contributed by atoms with Gasteiger partial charge in [0.05, 0.1) is 109 Å². The third kappa shape index (κ3) is 17.9. The Morgan fingerprint density at radius 3 is 1.28 bits per heavy atom. The van der Waals surface area contributed by atoms with Crippen molar-refractivity contribution in [2.75, 3.05) is 77.2 Å². The lowest BCUT2D eigenvalue weighted by Gasteiger charge is -2.20. The monoisotopic (exact) mass is 1540 g/mol. The summed E-state index contributed by atoms with van der Waals surface area (Å²) in [5.74, 6) is 1.79. The van der Waals surface area contributed by atoms with E-state index in [9.17, 15) is 57.4 Å². The van der Waals surface area contributed by atoms with Gasteiger partial charge in [-0.3, -0.25) is 31.6 Å². The molecule has 0 bridgehead atoms. The van der Waals surface area contributed by atoms with Crippen LogP contribution >= 0.6 is 0 Å². The SMILES string of the molecule is CCOc1cc([C@@H](CS(C)(=O)=O)n2c(=O)n(C(C)C)c3cc(-c4ccccc4F)ccc32)ccc1OC.CCOc1cc([C@@H](CS(C)(=O)=O)n2c(=O)n(CC)c3cc(C(F)(F)F)ccc32)ccc1OC.CCOc1cc([C@@H](CS(C)=O)n2c(=O)n(C3CC3)c3cc(-c4ccccc4F)ccc32)ccc1OC.O. The van der Waals surface area contributed by atoms with Crippen LogP contribution < -0.4 is 45.5 Å². The van der Waals surface area contributed by atoms with Gasteiger partial charge in [0.1, 0.15) is 31.3 Å². The van der Waals surface area contributed by atoms with Crippen LogP contribution in [0.3, 0.4) is 0 Å². The van der Waals surface area contributed by atoms with Gasteiger partial charge in [0.25, 0.3) is 0 Å². The summed E-state index contributed by atoms with van der Waals surface area (Å²) in [4.78, 5) is 41.1. The molecule has 21 nitrogen and oxygen atoms in total. The number of aromatic nitrogens is 6. The second-order valence-electron chi connectivity index (χ2n) is 25.8. The molecule has 0 spiro atoms. The van der Waals surface area contributed by atoms with Crippen LogP contribution in [0.25, 0.3) is 55.4 Å². The van der Waals surface area contributed by atoms with Crippen molar-refractivity contribution in [2.24, 2.45) is 0 Å². The first-order chi connectivity index (χ1) is 50.4. The Hall–Kier alpha value is -9.97. The lowest BCUT2D eigenvalue weighted by atomic mass is 10.0. The number of rotatable bonds is 26. The van der Waals surface area contributed by atoms with Crippen LogP contribution in [0.2, 0.25) is 0 Å². The van der Waals surface area contributed by atoms with E-state index in [4.69, 9.17) is 28.4 Å². The van der Waals surface area contributed by atoms with E-state index in [0.29, 0.717) is 98.7 Å². The van der Waals surface area contributed by atoms with Gasteiger partial charge in [-0.2, -0.15) is 13.2 Å². The molecule has 11 aromatic rings. The van der Waals surface area contributed by atoms with Gasteiger partial charge in [0, 0.05) is 65.1 Å². The van der Waals surface area contributed by atoms with Gasteiger partial charge in [0.2, 0.25) is 0 Å². The molecule has 107 heavy (non-hydrogen) atoms. The molecule has 8 aromatic carbocycles. The van der Waals surface area contributed by atoms with Crippen LogP contribution in [0.15, 0.2) is 172 Å². The first kappa shape index (κ1) is 81.1. The highest BCUT2D eigenvalue weighted by Gasteiger charge is 2.35. The number of nitrogens with zero attached hydrogens (tertiary/aromatic N) is 6. The summed E-state index contributed by atoms with van der Waals surface area (Å²) in [5.41, 5.74) is 5.03. The molecule has 0 amide bonds.